The number of urea groups is 1. The molecule has 0 aliphatic heterocycles. The summed E-state index contributed by atoms with van der Waals surface area (Å²) in [5.74, 6) is 1.17. The molecule has 0 spiro atoms. The van der Waals surface area contributed by atoms with Crippen LogP contribution >= 0.6 is 0 Å². The molecule has 0 saturated carbocycles. The van der Waals surface area contributed by atoms with E-state index in [0.29, 0.717) is 34.2 Å². The number of nitrogens with zero attached hydrogens (tertiary/aromatic N) is 3. The molecular weight excluding hydrogens is 408 g/mol. The van der Waals surface area contributed by atoms with Crippen LogP contribution in [0, 0.1) is 13.8 Å². The molecule has 3 N–H and O–H groups in total. The Hall–Kier alpha value is -4.40. The fraction of sp³-hybridized carbons (Fsp3) is 0.130. The van der Waals surface area contributed by atoms with Crippen molar-refractivity contribution in [3.63, 3.8) is 0 Å². The number of rotatable bonds is 5. The molecule has 2 aromatic heterocycles. The van der Waals surface area contributed by atoms with Crippen molar-refractivity contribution in [3.05, 3.63) is 82.3 Å². The number of anilines is 2. The number of hydrogen-bond acceptors (Lipinski definition) is 5. The monoisotopic (exact) mass is 430 g/mol. The second-order valence-corrected chi connectivity index (χ2v) is 7.10. The Kier molecular flexibility index (Phi) is 5.71. The number of aromatic nitrogens is 4. The van der Waals surface area contributed by atoms with Gasteiger partial charge in [0.2, 0.25) is 5.95 Å². The van der Waals surface area contributed by atoms with Crippen LogP contribution in [0.5, 0.6) is 5.75 Å². The summed E-state index contributed by atoms with van der Waals surface area (Å²) in [5, 5.41) is 10.1. The van der Waals surface area contributed by atoms with Crippen molar-refractivity contribution in [2.24, 2.45) is 0 Å². The Morgan fingerprint density at radius 2 is 1.81 bits per heavy atom. The normalized spacial score (nSPS) is 10.6. The fourth-order valence-corrected chi connectivity index (χ4v) is 3.09. The highest BCUT2D eigenvalue weighted by Crippen LogP contribution is 2.24. The molecule has 0 unspecified atom stereocenters. The topological polar surface area (TPSA) is 114 Å². The van der Waals surface area contributed by atoms with Crippen LogP contribution in [0.3, 0.4) is 0 Å². The average molecular weight is 430 g/mol. The Bertz CT molecular complexity index is 1330. The molecule has 162 valence electrons. The molecule has 9 nitrogen and oxygen atoms in total. The predicted molar refractivity (Wildman–Crippen MR) is 123 cm³/mol. The predicted octanol–water partition coefficient (Wildman–Crippen LogP) is 3.89. The van der Waals surface area contributed by atoms with Gasteiger partial charge < -0.3 is 10.1 Å². The summed E-state index contributed by atoms with van der Waals surface area (Å²) >= 11 is 0. The number of ether oxygens (including phenoxy) is 1. The largest absolute Gasteiger partial charge is 0.497 e. The van der Waals surface area contributed by atoms with Crippen molar-refractivity contribution in [1.82, 2.24) is 19.7 Å². The van der Waals surface area contributed by atoms with E-state index in [1.165, 1.54) is 4.68 Å². The van der Waals surface area contributed by atoms with Gasteiger partial charge in [0.05, 0.1) is 12.8 Å². The lowest BCUT2D eigenvalue weighted by atomic mass is 10.2. The minimum Gasteiger partial charge on any atom is -0.497 e. The molecule has 4 rings (SSSR count). The number of hydrogen-bond donors (Lipinski definition) is 3. The Morgan fingerprint density at radius 1 is 1.03 bits per heavy atom. The van der Waals surface area contributed by atoms with Crippen LogP contribution in [0.1, 0.15) is 11.3 Å². The van der Waals surface area contributed by atoms with E-state index in [1.807, 2.05) is 30.3 Å². The highest BCUT2D eigenvalue weighted by Gasteiger charge is 2.16. The smallest absolute Gasteiger partial charge is 0.324 e. The summed E-state index contributed by atoms with van der Waals surface area (Å²) in [6.07, 6.45) is 0. The SMILES string of the molecule is COc1cccc(NC(=O)Nc2cc(-c3ccccc3)nn2-c2nc(C)c(C)c(=O)[nH]2)c1. The molecule has 4 aromatic rings. The lowest BCUT2D eigenvalue weighted by Gasteiger charge is -2.11. The Balaban J connectivity index is 1.70. The number of amides is 2. The number of methoxy groups -OCH3 is 1. The number of benzene rings is 2. The van der Waals surface area contributed by atoms with Crippen LogP contribution in [-0.4, -0.2) is 32.9 Å². The van der Waals surface area contributed by atoms with Crippen LogP contribution in [0.15, 0.2) is 65.5 Å². The van der Waals surface area contributed by atoms with Gasteiger partial charge in [-0.25, -0.2) is 9.78 Å². The number of aromatic amines is 1. The van der Waals surface area contributed by atoms with E-state index >= 15 is 0 Å². The van der Waals surface area contributed by atoms with Gasteiger partial charge in [0, 0.05) is 34.6 Å². The van der Waals surface area contributed by atoms with E-state index < -0.39 is 6.03 Å². The van der Waals surface area contributed by atoms with Gasteiger partial charge in [-0.15, -0.1) is 0 Å². The minimum atomic E-state index is -0.481. The molecule has 0 bridgehead atoms. The minimum absolute atomic E-state index is 0.206. The third-order valence-electron chi connectivity index (χ3n) is 4.93. The summed E-state index contributed by atoms with van der Waals surface area (Å²) in [4.78, 5) is 32.2. The zero-order chi connectivity index (χ0) is 22.7. The average Bonchev–Trinajstić information content (AvgIpc) is 3.21. The lowest BCUT2D eigenvalue weighted by molar-refractivity contribution is 0.262. The van der Waals surface area contributed by atoms with Gasteiger partial charge in [-0.05, 0) is 26.0 Å². The van der Waals surface area contributed by atoms with Crippen LogP contribution in [0.2, 0.25) is 0 Å². The molecule has 9 heteroatoms. The van der Waals surface area contributed by atoms with Crippen LogP contribution in [0.4, 0.5) is 16.3 Å². The van der Waals surface area contributed by atoms with Crippen LogP contribution in [-0.2, 0) is 0 Å². The van der Waals surface area contributed by atoms with Gasteiger partial charge in [0.15, 0.2) is 0 Å². The maximum atomic E-state index is 12.7. The Labute approximate surface area is 184 Å². The van der Waals surface area contributed by atoms with Gasteiger partial charge in [-0.2, -0.15) is 9.78 Å². The van der Waals surface area contributed by atoms with Crippen LogP contribution < -0.4 is 20.9 Å². The first kappa shape index (κ1) is 20.9. The van der Waals surface area contributed by atoms with Crippen molar-refractivity contribution < 1.29 is 9.53 Å². The molecule has 2 aromatic carbocycles. The maximum absolute atomic E-state index is 12.7. The second-order valence-electron chi connectivity index (χ2n) is 7.10. The number of aryl methyl sites for hydroxylation is 1. The zero-order valence-corrected chi connectivity index (χ0v) is 17.8. The van der Waals surface area contributed by atoms with Crippen LogP contribution in [0.25, 0.3) is 17.2 Å². The molecule has 0 atom stereocenters. The van der Waals surface area contributed by atoms with E-state index in [9.17, 15) is 9.59 Å². The van der Waals surface area contributed by atoms with Crippen molar-refractivity contribution in [1.29, 1.82) is 0 Å². The first-order valence-corrected chi connectivity index (χ1v) is 9.90. The van der Waals surface area contributed by atoms with Gasteiger partial charge in [-0.3, -0.25) is 15.1 Å². The Morgan fingerprint density at radius 3 is 2.53 bits per heavy atom. The van der Waals surface area contributed by atoms with Gasteiger partial charge in [-0.1, -0.05) is 36.4 Å². The third-order valence-corrected chi connectivity index (χ3v) is 4.93. The van der Waals surface area contributed by atoms with Crippen molar-refractivity contribution in [2.75, 3.05) is 17.7 Å². The molecule has 2 heterocycles. The quantitative estimate of drug-likeness (QED) is 0.444. The lowest BCUT2D eigenvalue weighted by Crippen LogP contribution is -2.23. The van der Waals surface area contributed by atoms with E-state index in [0.717, 1.165) is 5.56 Å². The fourth-order valence-electron chi connectivity index (χ4n) is 3.09. The summed E-state index contributed by atoms with van der Waals surface area (Å²) < 4.78 is 6.59. The number of carbonyl (C=O) groups excluding carboxylic acids is 1. The maximum Gasteiger partial charge on any atom is 0.324 e. The highest BCUT2D eigenvalue weighted by molar-refractivity contribution is 5.99. The zero-order valence-electron chi connectivity index (χ0n) is 17.8. The molecule has 0 radical (unpaired) electrons. The van der Waals surface area contributed by atoms with Crippen molar-refractivity contribution in [3.8, 4) is 23.0 Å². The van der Waals surface area contributed by atoms with Crippen molar-refractivity contribution in [2.45, 2.75) is 13.8 Å². The molecule has 32 heavy (non-hydrogen) atoms. The van der Waals surface area contributed by atoms with E-state index in [4.69, 9.17) is 4.74 Å². The number of nitrogens with one attached hydrogen (secondary N) is 3. The second kappa shape index (κ2) is 8.76. The van der Waals surface area contributed by atoms with E-state index in [-0.39, 0.29) is 11.5 Å². The summed E-state index contributed by atoms with van der Waals surface area (Å²) in [6.45, 7) is 3.45. The van der Waals surface area contributed by atoms with Gasteiger partial charge in [0.25, 0.3) is 5.56 Å². The standard InChI is InChI=1S/C23H22N6O3/c1-14-15(2)24-22(27-21(14)30)29-20(13-19(28-29)16-8-5-4-6-9-16)26-23(31)25-17-10-7-11-18(12-17)32-3/h4-13H,1-3H3,(H,24,27,30)(H2,25,26,31). The number of H-pyrrole nitrogens is 1. The molecule has 0 fully saturated rings. The first-order chi connectivity index (χ1) is 15.4. The van der Waals surface area contributed by atoms with E-state index in [1.54, 1.807) is 51.3 Å². The highest BCUT2D eigenvalue weighted by atomic mass is 16.5. The molecule has 2 amide bonds. The number of carbonyl (C=O) groups is 1. The molecule has 0 aliphatic rings. The first-order valence-electron chi connectivity index (χ1n) is 9.90. The van der Waals surface area contributed by atoms with Gasteiger partial charge >= 0.3 is 6.03 Å². The summed E-state index contributed by atoms with van der Waals surface area (Å²) in [7, 11) is 1.56. The molecular formula is C23H22N6O3. The van der Waals surface area contributed by atoms with Gasteiger partial charge in [0.1, 0.15) is 11.6 Å². The van der Waals surface area contributed by atoms with E-state index in [2.05, 4.69) is 25.7 Å². The van der Waals surface area contributed by atoms with Crippen molar-refractivity contribution >= 4 is 17.5 Å². The molecule has 0 aliphatic carbocycles. The third kappa shape index (κ3) is 4.36. The summed E-state index contributed by atoms with van der Waals surface area (Å²) in [5.41, 5.74) is 2.86. The summed E-state index contributed by atoms with van der Waals surface area (Å²) in [6, 6.07) is 17.8. The molecule has 0 saturated heterocycles.